The van der Waals surface area contributed by atoms with Gasteiger partial charge in [0, 0.05) is 0 Å². The number of ether oxygens (including phenoxy) is 3. The summed E-state index contributed by atoms with van der Waals surface area (Å²) >= 11 is 0. The first-order valence-corrected chi connectivity index (χ1v) is 11.1. The van der Waals surface area contributed by atoms with Gasteiger partial charge in [0.25, 0.3) is 10.0 Å². The van der Waals surface area contributed by atoms with Gasteiger partial charge in [-0.25, -0.2) is 4.83 Å². The second-order valence-corrected chi connectivity index (χ2v) is 8.10. The van der Waals surface area contributed by atoms with Crippen molar-refractivity contribution in [3.05, 3.63) is 83.9 Å². The normalized spacial score (nSPS) is 11.3. The second-order valence-electron chi connectivity index (χ2n) is 6.44. The van der Waals surface area contributed by atoms with Gasteiger partial charge < -0.3 is 14.2 Å². The van der Waals surface area contributed by atoms with E-state index in [1.807, 2.05) is 37.3 Å². The fourth-order valence-electron chi connectivity index (χ4n) is 2.72. The van der Waals surface area contributed by atoms with Gasteiger partial charge in [-0.15, -0.1) is 0 Å². The van der Waals surface area contributed by atoms with E-state index in [0.29, 0.717) is 36.0 Å². The average Bonchev–Trinajstić information content (AvgIpc) is 2.79. The zero-order valence-corrected chi connectivity index (χ0v) is 18.1. The van der Waals surface area contributed by atoms with Crippen molar-refractivity contribution in [2.75, 3.05) is 13.7 Å². The first kappa shape index (κ1) is 22.2. The lowest BCUT2D eigenvalue weighted by molar-refractivity contribution is 0.284. The molecule has 0 atom stereocenters. The Labute approximate surface area is 182 Å². The van der Waals surface area contributed by atoms with Crippen molar-refractivity contribution in [3.63, 3.8) is 0 Å². The van der Waals surface area contributed by atoms with Crippen molar-refractivity contribution in [2.24, 2.45) is 5.10 Å². The summed E-state index contributed by atoms with van der Waals surface area (Å²) in [6, 6.07) is 21.2. The lowest BCUT2D eigenvalue weighted by Crippen LogP contribution is -2.18. The molecule has 0 aliphatic carbocycles. The number of nitrogens with zero attached hydrogens (tertiary/aromatic N) is 1. The molecule has 0 bridgehead atoms. The molecule has 0 aliphatic rings. The molecule has 0 spiro atoms. The Balaban J connectivity index is 1.64. The zero-order chi connectivity index (χ0) is 22.1. The molecule has 0 aromatic heterocycles. The SMILES string of the molecule is CCOc1ccc(S(=O)(=O)N/N=C/c2ccc(OCc3ccccc3)c(OC)c2)cc1. The maximum absolute atomic E-state index is 12.4. The predicted octanol–water partition coefficient (Wildman–Crippen LogP) is 3.99. The summed E-state index contributed by atoms with van der Waals surface area (Å²) in [4.78, 5) is 2.30. The third kappa shape index (κ3) is 6.23. The molecule has 0 unspecified atom stereocenters. The summed E-state index contributed by atoms with van der Waals surface area (Å²) in [7, 11) is -2.24. The van der Waals surface area contributed by atoms with Gasteiger partial charge >= 0.3 is 0 Å². The molecule has 0 aliphatic heterocycles. The molecular weight excluding hydrogens is 416 g/mol. The quantitative estimate of drug-likeness (QED) is 0.381. The standard InChI is InChI=1S/C23H24N2O5S/c1-3-29-20-10-12-21(13-11-20)31(26,27)25-24-16-19-9-14-22(23(15-19)28-2)30-17-18-7-5-4-6-8-18/h4-16,25H,3,17H2,1-2H3/b24-16+. The van der Waals surface area contributed by atoms with E-state index in [0.717, 1.165) is 5.56 Å². The summed E-state index contributed by atoms with van der Waals surface area (Å²) in [5.74, 6) is 1.71. The van der Waals surface area contributed by atoms with Crippen LogP contribution in [0.1, 0.15) is 18.1 Å². The second kappa shape index (κ2) is 10.5. The highest BCUT2D eigenvalue weighted by atomic mass is 32.2. The van der Waals surface area contributed by atoms with Crippen LogP contribution in [0.3, 0.4) is 0 Å². The molecule has 3 aromatic rings. The number of hydrogen-bond donors (Lipinski definition) is 1. The highest BCUT2D eigenvalue weighted by Crippen LogP contribution is 2.28. The van der Waals surface area contributed by atoms with Crippen LogP contribution in [0, 0.1) is 0 Å². The molecule has 31 heavy (non-hydrogen) atoms. The molecule has 7 nitrogen and oxygen atoms in total. The maximum Gasteiger partial charge on any atom is 0.276 e. The fourth-order valence-corrected chi connectivity index (χ4v) is 3.51. The van der Waals surface area contributed by atoms with Crippen LogP contribution >= 0.6 is 0 Å². The Kier molecular flexibility index (Phi) is 7.50. The summed E-state index contributed by atoms with van der Waals surface area (Å²) < 4.78 is 41.3. The van der Waals surface area contributed by atoms with Crippen LogP contribution in [0.15, 0.2) is 82.8 Å². The van der Waals surface area contributed by atoms with E-state index in [2.05, 4.69) is 9.93 Å². The van der Waals surface area contributed by atoms with Crippen molar-refractivity contribution in [1.82, 2.24) is 4.83 Å². The van der Waals surface area contributed by atoms with Gasteiger partial charge in [0.15, 0.2) is 11.5 Å². The molecule has 162 valence electrons. The van der Waals surface area contributed by atoms with E-state index in [-0.39, 0.29) is 4.90 Å². The molecule has 1 N–H and O–H groups in total. The van der Waals surface area contributed by atoms with E-state index < -0.39 is 10.0 Å². The maximum atomic E-state index is 12.4. The Morgan fingerprint density at radius 2 is 1.68 bits per heavy atom. The van der Waals surface area contributed by atoms with E-state index >= 15 is 0 Å². The third-order valence-electron chi connectivity index (χ3n) is 4.26. The molecule has 0 amide bonds. The van der Waals surface area contributed by atoms with Gasteiger partial charge in [-0.05, 0) is 60.5 Å². The Morgan fingerprint density at radius 1 is 0.935 bits per heavy atom. The Hall–Kier alpha value is -3.52. The molecule has 0 heterocycles. The van der Waals surface area contributed by atoms with E-state index in [4.69, 9.17) is 14.2 Å². The molecule has 3 rings (SSSR count). The molecule has 8 heteroatoms. The largest absolute Gasteiger partial charge is 0.494 e. The molecule has 3 aromatic carbocycles. The molecule has 0 saturated carbocycles. The number of hydrogen-bond acceptors (Lipinski definition) is 6. The summed E-state index contributed by atoms with van der Waals surface area (Å²) in [5.41, 5.74) is 1.69. The smallest absolute Gasteiger partial charge is 0.276 e. The highest BCUT2D eigenvalue weighted by molar-refractivity contribution is 7.89. The van der Waals surface area contributed by atoms with Gasteiger partial charge in [-0.3, -0.25) is 0 Å². The highest BCUT2D eigenvalue weighted by Gasteiger charge is 2.12. The molecular formula is C23H24N2O5S. The van der Waals surface area contributed by atoms with Crippen LogP contribution in [0.2, 0.25) is 0 Å². The minimum atomic E-state index is -3.78. The lowest BCUT2D eigenvalue weighted by atomic mass is 10.2. The number of sulfonamides is 1. The summed E-state index contributed by atoms with van der Waals surface area (Å²) in [5, 5.41) is 3.86. The number of methoxy groups -OCH3 is 1. The summed E-state index contributed by atoms with van der Waals surface area (Å²) in [6.45, 7) is 2.78. The Morgan fingerprint density at radius 3 is 2.35 bits per heavy atom. The van der Waals surface area contributed by atoms with Gasteiger partial charge in [0.05, 0.1) is 24.8 Å². The molecule has 0 saturated heterocycles. The number of nitrogens with one attached hydrogen (secondary N) is 1. The summed E-state index contributed by atoms with van der Waals surface area (Å²) in [6.07, 6.45) is 1.40. The number of rotatable bonds is 10. The van der Waals surface area contributed by atoms with Crippen molar-refractivity contribution in [3.8, 4) is 17.2 Å². The van der Waals surface area contributed by atoms with E-state index in [1.165, 1.54) is 18.3 Å². The van der Waals surface area contributed by atoms with Crippen molar-refractivity contribution < 1.29 is 22.6 Å². The van der Waals surface area contributed by atoms with Crippen LogP contribution in [0.25, 0.3) is 0 Å². The average molecular weight is 441 g/mol. The first-order valence-electron chi connectivity index (χ1n) is 9.64. The van der Waals surface area contributed by atoms with Crippen molar-refractivity contribution >= 4 is 16.2 Å². The minimum Gasteiger partial charge on any atom is -0.494 e. The zero-order valence-electron chi connectivity index (χ0n) is 17.3. The van der Waals surface area contributed by atoms with Crippen molar-refractivity contribution in [1.29, 1.82) is 0 Å². The lowest BCUT2D eigenvalue weighted by Gasteiger charge is -2.11. The predicted molar refractivity (Wildman–Crippen MR) is 119 cm³/mol. The van der Waals surface area contributed by atoms with E-state index in [9.17, 15) is 8.42 Å². The van der Waals surface area contributed by atoms with Gasteiger partial charge in [0.2, 0.25) is 0 Å². The van der Waals surface area contributed by atoms with Crippen molar-refractivity contribution in [2.45, 2.75) is 18.4 Å². The van der Waals surface area contributed by atoms with E-state index in [1.54, 1.807) is 37.4 Å². The molecule has 0 fully saturated rings. The van der Waals surface area contributed by atoms with Crippen LogP contribution in [0.4, 0.5) is 0 Å². The van der Waals surface area contributed by atoms with Crippen LogP contribution < -0.4 is 19.0 Å². The van der Waals surface area contributed by atoms with Crippen LogP contribution in [0.5, 0.6) is 17.2 Å². The number of benzene rings is 3. The Bertz CT molecular complexity index is 1110. The third-order valence-corrected chi connectivity index (χ3v) is 5.49. The molecule has 0 radical (unpaired) electrons. The first-order chi connectivity index (χ1) is 15.0. The monoisotopic (exact) mass is 440 g/mol. The minimum absolute atomic E-state index is 0.0929. The van der Waals surface area contributed by atoms with Gasteiger partial charge in [-0.2, -0.15) is 13.5 Å². The fraction of sp³-hybridized carbons (Fsp3) is 0.174. The van der Waals surface area contributed by atoms with Gasteiger partial charge in [-0.1, -0.05) is 30.3 Å². The van der Waals surface area contributed by atoms with Gasteiger partial charge in [0.1, 0.15) is 12.4 Å². The topological polar surface area (TPSA) is 86.2 Å². The number of hydrazone groups is 1. The van der Waals surface area contributed by atoms with Crippen LogP contribution in [-0.2, 0) is 16.6 Å². The van der Waals surface area contributed by atoms with Crippen LogP contribution in [-0.4, -0.2) is 28.3 Å².